The van der Waals surface area contributed by atoms with Gasteiger partial charge in [-0.2, -0.15) is 0 Å². The molecule has 2 heterocycles. The van der Waals surface area contributed by atoms with Crippen molar-refractivity contribution in [2.45, 2.75) is 6.10 Å². The molecule has 1 saturated heterocycles. The Morgan fingerprint density at radius 2 is 1.72 bits per heavy atom. The van der Waals surface area contributed by atoms with Crippen molar-refractivity contribution in [1.82, 2.24) is 9.88 Å². The Morgan fingerprint density at radius 3 is 2.41 bits per heavy atom. The van der Waals surface area contributed by atoms with Crippen LogP contribution in [-0.2, 0) is 4.84 Å². The number of aromatic nitrogens is 1. The minimum Gasteiger partial charge on any atom is -0.392 e. The highest BCUT2D eigenvalue weighted by molar-refractivity contribution is 9.10. The highest BCUT2D eigenvalue weighted by Gasteiger charge is 2.20. The number of hydrogen-bond acceptors (Lipinski definition) is 6. The summed E-state index contributed by atoms with van der Waals surface area (Å²) in [6, 6.07) is 22.1. The maximum absolute atomic E-state index is 10.5. The number of anilines is 1. The summed E-state index contributed by atoms with van der Waals surface area (Å²) in [6.07, 6.45) is 2.87. The molecule has 32 heavy (non-hydrogen) atoms. The molecule has 6 nitrogen and oxygen atoms in total. The fourth-order valence-corrected chi connectivity index (χ4v) is 4.01. The van der Waals surface area contributed by atoms with E-state index in [0.29, 0.717) is 12.3 Å². The molecule has 0 aliphatic carbocycles. The lowest BCUT2D eigenvalue weighted by Crippen LogP contribution is -2.49. The maximum Gasteiger partial charge on any atom is 0.144 e. The number of β-amino-alcohol motifs (C(OH)–C–C–N with tert-alkyl or cyclic N) is 1. The van der Waals surface area contributed by atoms with Gasteiger partial charge in [0.05, 0.1) is 0 Å². The van der Waals surface area contributed by atoms with Crippen LogP contribution in [0.15, 0.2) is 88.8 Å². The lowest BCUT2D eigenvalue weighted by Gasteiger charge is -2.36. The fraction of sp³-hybridized carbons (Fsp3) is 0.280. The molecule has 1 aliphatic rings. The SMILES string of the molecule is OC(CO/N=C(/c1ccc(Br)cc1)c1cccnc1)CN1CCN(c2ccccc2)CC1. The topological polar surface area (TPSA) is 61.2 Å². The van der Waals surface area contributed by atoms with Gasteiger partial charge >= 0.3 is 0 Å². The van der Waals surface area contributed by atoms with Crippen LogP contribution >= 0.6 is 15.9 Å². The highest BCUT2D eigenvalue weighted by Crippen LogP contribution is 2.17. The predicted octanol–water partition coefficient (Wildman–Crippen LogP) is 3.80. The molecule has 4 rings (SSSR count). The largest absolute Gasteiger partial charge is 0.392 e. The second kappa shape index (κ2) is 11.2. The summed E-state index contributed by atoms with van der Waals surface area (Å²) < 4.78 is 0.996. The summed E-state index contributed by atoms with van der Waals surface area (Å²) in [5.74, 6) is 0. The average molecular weight is 495 g/mol. The quantitative estimate of drug-likeness (QED) is 0.381. The molecule has 1 atom stereocenters. The minimum atomic E-state index is -0.609. The number of oxime groups is 1. The van der Waals surface area contributed by atoms with E-state index in [-0.39, 0.29) is 6.61 Å². The van der Waals surface area contributed by atoms with Crippen molar-refractivity contribution >= 4 is 27.3 Å². The van der Waals surface area contributed by atoms with E-state index < -0.39 is 6.10 Å². The zero-order chi connectivity index (χ0) is 22.2. The summed E-state index contributed by atoms with van der Waals surface area (Å²) in [4.78, 5) is 14.4. The van der Waals surface area contributed by atoms with Crippen LogP contribution in [-0.4, -0.2) is 66.1 Å². The van der Waals surface area contributed by atoms with Crippen molar-refractivity contribution < 1.29 is 9.94 Å². The van der Waals surface area contributed by atoms with Gasteiger partial charge in [0, 0.05) is 66.4 Å². The van der Waals surface area contributed by atoms with Crippen molar-refractivity contribution in [2.24, 2.45) is 5.16 Å². The van der Waals surface area contributed by atoms with E-state index in [0.717, 1.165) is 41.8 Å². The van der Waals surface area contributed by atoms with Gasteiger partial charge in [0.1, 0.15) is 18.4 Å². The third kappa shape index (κ3) is 6.16. The molecule has 0 saturated carbocycles. The second-order valence-corrected chi connectivity index (χ2v) is 8.68. The molecule has 166 valence electrons. The molecule has 3 aromatic rings. The van der Waals surface area contributed by atoms with Crippen LogP contribution < -0.4 is 4.90 Å². The Bertz CT molecular complexity index is 991. The van der Waals surface area contributed by atoms with Crippen LogP contribution in [0.2, 0.25) is 0 Å². The first-order valence-electron chi connectivity index (χ1n) is 10.8. The first-order chi connectivity index (χ1) is 15.7. The molecule has 0 amide bonds. The zero-order valence-electron chi connectivity index (χ0n) is 17.8. The van der Waals surface area contributed by atoms with Gasteiger partial charge in [0.15, 0.2) is 0 Å². The van der Waals surface area contributed by atoms with Crippen LogP contribution in [0.4, 0.5) is 5.69 Å². The smallest absolute Gasteiger partial charge is 0.144 e. The Morgan fingerprint density at radius 1 is 0.969 bits per heavy atom. The molecule has 0 spiro atoms. The standard InChI is InChI=1S/C25H27BrN4O2/c26-22-10-8-20(9-11-22)25(21-5-4-12-27-17-21)28-32-19-24(31)18-29-13-15-30(16-14-29)23-6-2-1-3-7-23/h1-12,17,24,31H,13-16,18-19H2/b28-25-. The Hall–Kier alpha value is -2.74. The Kier molecular flexibility index (Phi) is 7.87. The number of para-hydroxylation sites is 1. The number of pyridine rings is 1. The van der Waals surface area contributed by atoms with E-state index in [2.05, 4.69) is 60.1 Å². The number of benzene rings is 2. The van der Waals surface area contributed by atoms with E-state index >= 15 is 0 Å². The molecular formula is C25H27BrN4O2. The number of aliphatic hydroxyl groups excluding tert-OH is 1. The van der Waals surface area contributed by atoms with Crippen molar-refractivity contribution in [2.75, 3.05) is 44.2 Å². The molecule has 1 fully saturated rings. The number of piperazine rings is 1. The summed E-state index contributed by atoms with van der Waals surface area (Å²) in [7, 11) is 0. The zero-order valence-corrected chi connectivity index (χ0v) is 19.4. The first kappa shape index (κ1) is 22.5. The number of rotatable bonds is 8. The monoisotopic (exact) mass is 494 g/mol. The number of hydrogen-bond donors (Lipinski definition) is 1. The van der Waals surface area contributed by atoms with Gasteiger partial charge in [0.2, 0.25) is 0 Å². The van der Waals surface area contributed by atoms with E-state index in [9.17, 15) is 5.11 Å². The van der Waals surface area contributed by atoms with Crippen molar-refractivity contribution in [3.63, 3.8) is 0 Å². The summed E-state index contributed by atoms with van der Waals surface area (Å²) >= 11 is 3.46. The summed E-state index contributed by atoms with van der Waals surface area (Å²) in [5, 5.41) is 14.9. The highest BCUT2D eigenvalue weighted by atomic mass is 79.9. The van der Waals surface area contributed by atoms with Gasteiger partial charge in [-0.1, -0.05) is 51.4 Å². The van der Waals surface area contributed by atoms with Gasteiger partial charge < -0.3 is 14.8 Å². The van der Waals surface area contributed by atoms with Crippen LogP contribution in [0.25, 0.3) is 0 Å². The molecular weight excluding hydrogens is 468 g/mol. The first-order valence-corrected chi connectivity index (χ1v) is 11.5. The summed E-state index contributed by atoms with van der Waals surface area (Å²) in [5.41, 5.74) is 3.73. The number of halogens is 1. The third-order valence-electron chi connectivity index (χ3n) is 5.44. The van der Waals surface area contributed by atoms with Crippen LogP contribution in [0, 0.1) is 0 Å². The second-order valence-electron chi connectivity index (χ2n) is 7.76. The number of aliphatic hydroxyl groups is 1. The molecule has 1 aromatic heterocycles. The van der Waals surface area contributed by atoms with Crippen LogP contribution in [0.3, 0.4) is 0 Å². The molecule has 0 bridgehead atoms. The minimum absolute atomic E-state index is 0.138. The molecule has 7 heteroatoms. The van der Waals surface area contributed by atoms with Gasteiger partial charge in [-0.05, 0) is 36.4 Å². The van der Waals surface area contributed by atoms with E-state index in [4.69, 9.17) is 4.84 Å². The van der Waals surface area contributed by atoms with Crippen molar-refractivity contribution in [3.05, 3.63) is 94.7 Å². The van der Waals surface area contributed by atoms with E-state index in [1.807, 2.05) is 42.5 Å². The molecule has 1 aliphatic heterocycles. The summed E-state index contributed by atoms with van der Waals surface area (Å²) in [6.45, 7) is 4.43. The molecule has 2 aromatic carbocycles. The average Bonchev–Trinajstić information content (AvgIpc) is 2.84. The van der Waals surface area contributed by atoms with Crippen molar-refractivity contribution in [3.8, 4) is 0 Å². The Balaban J connectivity index is 1.31. The predicted molar refractivity (Wildman–Crippen MR) is 131 cm³/mol. The lowest BCUT2D eigenvalue weighted by atomic mass is 10.0. The van der Waals surface area contributed by atoms with Gasteiger partial charge in [-0.25, -0.2) is 0 Å². The molecule has 1 unspecified atom stereocenters. The van der Waals surface area contributed by atoms with E-state index in [1.165, 1.54) is 5.69 Å². The fourth-order valence-electron chi connectivity index (χ4n) is 3.75. The normalized spacial score (nSPS) is 16.1. The van der Waals surface area contributed by atoms with Crippen LogP contribution in [0.1, 0.15) is 11.1 Å². The molecule has 1 N–H and O–H groups in total. The van der Waals surface area contributed by atoms with Crippen molar-refractivity contribution in [1.29, 1.82) is 0 Å². The lowest BCUT2D eigenvalue weighted by molar-refractivity contribution is 0.0182. The maximum atomic E-state index is 10.5. The molecule has 0 radical (unpaired) electrons. The van der Waals surface area contributed by atoms with Gasteiger partial charge in [0.25, 0.3) is 0 Å². The van der Waals surface area contributed by atoms with Gasteiger partial charge in [-0.15, -0.1) is 0 Å². The Labute approximate surface area is 197 Å². The number of nitrogens with zero attached hydrogens (tertiary/aromatic N) is 4. The van der Waals surface area contributed by atoms with Crippen LogP contribution in [0.5, 0.6) is 0 Å². The van der Waals surface area contributed by atoms with E-state index in [1.54, 1.807) is 12.4 Å². The third-order valence-corrected chi connectivity index (χ3v) is 5.97. The van der Waals surface area contributed by atoms with Gasteiger partial charge in [-0.3, -0.25) is 9.88 Å².